The van der Waals surface area contributed by atoms with Crippen LogP contribution in [0.3, 0.4) is 0 Å². The summed E-state index contributed by atoms with van der Waals surface area (Å²) in [7, 11) is 0. The maximum Gasteiger partial charge on any atom is 0.175 e. The maximum absolute atomic E-state index is 9.14. The van der Waals surface area contributed by atoms with E-state index < -0.39 is 0 Å². The second-order valence-corrected chi connectivity index (χ2v) is 6.24. The third-order valence-electron chi connectivity index (χ3n) is 3.97. The Morgan fingerprint density at radius 3 is 2.56 bits per heavy atom. The van der Waals surface area contributed by atoms with Gasteiger partial charge in [-0.25, -0.2) is 0 Å². The lowest BCUT2D eigenvalue weighted by Crippen LogP contribution is -2.28. The molecule has 0 aliphatic carbocycles. The highest BCUT2D eigenvalue weighted by atomic mass is 16.6. The Morgan fingerprint density at radius 2 is 1.81 bits per heavy atom. The molecular formula is C22H21N3O2. The normalized spacial score (nSPS) is 11.4. The summed E-state index contributed by atoms with van der Waals surface area (Å²) < 4.78 is 5.49. The van der Waals surface area contributed by atoms with E-state index in [1.807, 2.05) is 43.3 Å². The molecule has 0 fully saturated rings. The van der Waals surface area contributed by atoms with Crippen molar-refractivity contribution in [3.05, 3.63) is 89.9 Å². The lowest BCUT2D eigenvalue weighted by Gasteiger charge is -2.21. The standard InChI is InChI=1S/C22H21N3O2/c1-18(24-27-22-12-6-5-10-20(22)14-23)15-25(17-21-11-7-13-26-21)16-19-8-3-2-4-9-19/h2-13H,15-17H2,1H3. The number of hydrogen-bond donors (Lipinski definition) is 0. The van der Waals surface area contributed by atoms with Crippen LogP contribution in [-0.4, -0.2) is 17.2 Å². The van der Waals surface area contributed by atoms with Crippen molar-refractivity contribution in [2.75, 3.05) is 6.54 Å². The quantitative estimate of drug-likeness (QED) is 0.435. The van der Waals surface area contributed by atoms with Gasteiger partial charge in [-0.1, -0.05) is 47.6 Å². The molecule has 0 unspecified atom stereocenters. The molecule has 0 saturated heterocycles. The highest BCUT2D eigenvalue weighted by Crippen LogP contribution is 2.17. The number of furan rings is 1. The summed E-state index contributed by atoms with van der Waals surface area (Å²) in [6.07, 6.45) is 1.68. The Bertz CT molecular complexity index is 912. The highest BCUT2D eigenvalue weighted by molar-refractivity contribution is 5.83. The van der Waals surface area contributed by atoms with Crippen molar-refractivity contribution >= 4 is 5.71 Å². The second kappa shape index (κ2) is 9.37. The topological polar surface area (TPSA) is 61.8 Å². The molecule has 0 radical (unpaired) electrons. The van der Waals surface area contributed by atoms with Crippen molar-refractivity contribution in [3.63, 3.8) is 0 Å². The lowest BCUT2D eigenvalue weighted by molar-refractivity contribution is 0.262. The SMILES string of the molecule is CC(CN(Cc1ccccc1)Cc1ccco1)=NOc1ccccc1C#N. The van der Waals surface area contributed by atoms with Gasteiger partial charge in [0, 0.05) is 13.1 Å². The van der Waals surface area contributed by atoms with Crippen molar-refractivity contribution in [1.29, 1.82) is 5.26 Å². The van der Waals surface area contributed by atoms with E-state index >= 15 is 0 Å². The minimum Gasteiger partial charge on any atom is -0.468 e. The van der Waals surface area contributed by atoms with Crippen LogP contribution >= 0.6 is 0 Å². The third-order valence-corrected chi connectivity index (χ3v) is 3.97. The summed E-state index contributed by atoms with van der Waals surface area (Å²) in [5, 5.41) is 13.3. The molecule has 0 bridgehead atoms. The first-order valence-corrected chi connectivity index (χ1v) is 8.73. The molecule has 3 rings (SSSR count). The van der Waals surface area contributed by atoms with Crippen LogP contribution in [0.15, 0.2) is 82.6 Å². The maximum atomic E-state index is 9.14. The van der Waals surface area contributed by atoms with Crippen molar-refractivity contribution in [1.82, 2.24) is 4.90 Å². The zero-order valence-corrected chi connectivity index (χ0v) is 15.2. The first kappa shape index (κ1) is 18.4. The Morgan fingerprint density at radius 1 is 1.04 bits per heavy atom. The van der Waals surface area contributed by atoms with Gasteiger partial charge >= 0.3 is 0 Å². The first-order valence-electron chi connectivity index (χ1n) is 8.73. The molecule has 0 aliphatic rings. The van der Waals surface area contributed by atoms with E-state index in [0.717, 1.165) is 18.0 Å². The lowest BCUT2D eigenvalue weighted by atomic mass is 10.2. The molecule has 3 aromatic rings. The molecule has 0 atom stereocenters. The van der Waals surface area contributed by atoms with E-state index in [4.69, 9.17) is 14.5 Å². The molecule has 27 heavy (non-hydrogen) atoms. The van der Waals surface area contributed by atoms with Crippen molar-refractivity contribution in [2.45, 2.75) is 20.0 Å². The Hall–Kier alpha value is -3.36. The number of oxime groups is 1. The summed E-state index contributed by atoms with van der Waals surface area (Å²) in [6.45, 7) is 3.96. The van der Waals surface area contributed by atoms with Gasteiger partial charge in [0.15, 0.2) is 5.75 Å². The minimum atomic E-state index is 0.458. The summed E-state index contributed by atoms with van der Waals surface area (Å²) in [4.78, 5) is 7.72. The summed E-state index contributed by atoms with van der Waals surface area (Å²) in [5.41, 5.74) is 2.49. The van der Waals surface area contributed by atoms with Gasteiger partial charge in [-0.15, -0.1) is 0 Å². The van der Waals surface area contributed by atoms with Gasteiger partial charge in [0.05, 0.1) is 24.1 Å². The fourth-order valence-corrected chi connectivity index (χ4v) is 2.75. The number of rotatable bonds is 8. The highest BCUT2D eigenvalue weighted by Gasteiger charge is 2.11. The third kappa shape index (κ3) is 5.56. The molecular weight excluding hydrogens is 338 g/mol. The second-order valence-electron chi connectivity index (χ2n) is 6.24. The minimum absolute atomic E-state index is 0.458. The zero-order valence-electron chi connectivity index (χ0n) is 15.2. The van der Waals surface area contributed by atoms with E-state index in [0.29, 0.717) is 24.4 Å². The van der Waals surface area contributed by atoms with Crippen LogP contribution in [0.25, 0.3) is 0 Å². The monoisotopic (exact) mass is 359 g/mol. The first-order chi connectivity index (χ1) is 13.2. The molecule has 0 N–H and O–H groups in total. The molecule has 5 heteroatoms. The van der Waals surface area contributed by atoms with E-state index in [1.54, 1.807) is 24.5 Å². The molecule has 5 nitrogen and oxygen atoms in total. The molecule has 1 heterocycles. The van der Waals surface area contributed by atoms with E-state index in [1.165, 1.54) is 5.56 Å². The predicted molar refractivity (Wildman–Crippen MR) is 104 cm³/mol. The van der Waals surface area contributed by atoms with Crippen molar-refractivity contribution in [3.8, 4) is 11.8 Å². The number of nitriles is 1. The van der Waals surface area contributed by atoms with Crippen molar-refractivity contribution < 1.29 is 9.25 Å². The van der Waals surface area contributed by atoms with E-state index in [9.17, 15) is 0 Å². The van der Waals surface area contributed by atoms with Crippen LogP contribution in [-0.2, 0) is 13.1 Å². The number of para-hydroxylation sites is 1. The molecule has 0 amide bonds. The van der Waals surface area contributed by atoms with Gasteiger partial charge in [-0.05, 0) is 36.8 Å². The van der Waals surface area contributed by atoms with Gasteiger partial charge < -0.3 is 9.25 Å². The molecule has 0 spiro atoms. The fraction of sp³-hybridized carbons (Fsp3) is 0.182. The predicted octanol–water partition coefficient (Wildman–Crippen LogP) is 4.61. The van der Waals surface area contributed by atoms with Gasteiger partial charge in [0.2, 0.25) is 0 Å². The van der Waals surface area contributed by atoms with Crippen LogP contribution in [0, 0.1) is 11.3 Å². The van der Waals surface area contributed by atoms with Crippen LogP contribution in [0.2, 0.25) is 0 Å². The van der Waals surface area contributed by atoms with Gasteiger partial charge in [-0.2, -0.15) is 5.26 Å². The number of benzene rings is 2. The summed E-state index contributed by atoms with van der Waals surface area (Å²) >= 11 is 0. The van der Waals surface area contributed by atoms with E-state index in [-0.39, 0.29) is 0 Å². The van der Waals surface area contributed by atoms with Crippen LogP contribution in [0.5, 0.6) is 5.75 Å². The largest absolute Gasteiger partial charge is 0.468 e. The van der Waals surface area contributed by atoms with Gasteiger partial charge in [0.25, 0.3) is 0 Å². The average Bonchev–Trinajstić information content (AvgIpc) is 3.20. The molecule has 136 valence electrons. The van der Waals surface area contributed by atoms with Crippen LogP contribution in [0.4, 0.5) is 0 Å². The van der Waals surface area contributed by atoms with Crippen molar-refractivity contribution in [2.24, 2.45) is 5.16 Å². The smallest absolute Gasteiger partial charge is 0.175 e. The Balaban J connectivity index is 1.69. The van der Waals surface area contributed by atoms with Crippen LogP contribution < -0.4 is 4.84 Å². The Labute approximate surface area is 159 Å². The molecule has 0 saturated carbocycles. The zero-order chi connectivity index (χ0) is 18.9. The van der Waals surface area contributed by atoms with E-state index in [2.05, 4.69) is 28.3 Å². The summed E-state index contributed by atoms with van der Waals surface area (Å²) in [6, 6.07) is 23.3. The van der Waals surface area contributed by atoms with Gasteiger partial charge in [-0.3, -0.25) is 4.90 Å². The number of hydrogen-bond acceptors (Lipinski definition) is 5. The fourth-order valence-electron chi connectivity index (χ4n) is 2.75. The number of nitrogens with zero attached hydrogens (tertiary/aromatic N) is 3. The summed E-state index contributed by atoms with van der Waals surface area (Å²) in [5.74, 6) is 1.36. The Kier molecular flexibility index (Phi) is 6.40. The molecule has 0 aliphatic heterocycles. The molecule has 2 aromatic carbocycles. The van der Waals surface area contributed by atoms with Crippen LogP contribution in [0.1, 0.15) is 23.8 Å². The average molecular weight is 359 g/mol. The van der Waals surface area contributed by atoms with Gasteiger partial charge in [0.1, 0.15) is 11.8 Å². The molecule has 1 aromatic heterocycles.